The quantitative estimate of drug-likeness (QED) is 0.154. The van der Waals surface area contributed by atoms with Gasteiger partial charge in [-0.05, 0) is 196 Å². The lowest BCUT2D eigenvalue weighted by Gasteiger charge is -2.46. The van der Waals surface area contributed by atoms with Crippen LogP contribution in [0, 0.1) is 34.6 Å². The van der Waals surface area contributed by atoms with Crippen molar-refractivity contribution in [1.29, 1.82) is 0 Å². The summed E-state index contributed by atoms with van der Waals surface area (Å²) in [4.78, 5) is 7.79. The van der Waals surface area contributed by atoms with Crippen LogP contribution >= 0.6 is 0 Å². The van der Waals surface area contributed by atoms with Gasteiger partial charge in [0.15, 0.2) is 0 Å². The third kappa shape index (κ3) is 8.75. The number of rotatable bonds is 6. The molecule has 5 heteroatoms. The van der Waals surface area contributed by atoms with Crippen LogP contribution in [0.3, 0.4) is 0 Å². The van der Waals surface area contributed by atoms with Gasteiger partial charge in [-0.25, -0.2) is 0 Å². The van der Waals surface area contributed by atoms with Gasteiger partial charge in [-0.15, -0.1) is 0 Å². The topological polar surface area (TPSA) is 14.7 Å². The van der Waals surface area contributed by atoms with E-state index in [9.17, 15) is 0 Å². The molecule has 4 nitrogen and oxygen atoms in total. The largest absolute Gasteiger partial charge is 0.311 e. The van der Waals surface area contributed by atoms with Crippen LogP contribution in [0.5, 0.6) is 0 Å². The molecule has 0 unspecified atom stereocenters. The first-order valence-electron chi connectivity index (χ1n) is 29.0. The summed E-state index contributed by atoms with van der Waals surface area (Å²) < 4.78 is 2.44. The van der Waals surface area contributed by atoms with Crippen LogP contribution in [0.1, 0.15) is 133 Å². The van der Waals surface area contributed by atoms with Gasteiger partial charge in [0, 0.05) is 56.3 Å². The third-order valence-corrected chi connectivity index (χ3v) is 17.4. The van der Waals surface area contributed by atoms with Crippen LogP contribution in [-0.2, 0) is 21.7 Å². The highest BCUT2D eigenvalue weighted by Crippen LogP contribution is 2.50. The average Bonchev–Trinajstić information content (AvgIpc) is 3.88. The Labute approximate surface area is 477 Å². The van der Waals surface area contributed by atoms with Crippen molar-refractivity contribution < 1.29 is 0 Å². The number of aromatic nitrogens is 1. The van der Waals surface area contributed by atoms with Crippen LogP contribution in [0.15, 0.2) is 170 Å². The summed E-state index contributed by atoms with van der Waals surface area (Å²) in [7, 11) is 0. The second-order valence-electron chi connectivity index (χ2n) is 27.5. The van der Waals surface area contributed by atoms with E-state index in [4.69, 9.17) is 0 Å². The Morgan fingerprint density at radius 1 is 0.350 bits per heavy atom. The Morgan fingerprint density at radius 3 is 1.39 bits per heavy atom. The van der Waals surface area contributed by atoms with Gasteiger partial charge < -0.3 is 19.3 Å². The number of para-hydroxylation sites is 2. The maximum Gasteiger partial charge on any atom is 0.252 e. The van der Waals surface area contributed by atoms with E-state index in [0.29, 0.717) is 0 Å². The number of anilines is 9. The van der Waals surface area contributed by atoms with E-state index in [-0.39, 0.29) is 28.4 Å². The van der Waals surface area contributed by atoms with E-state index < -0.39 is 0 Å². The van der Waals surface area contributed by atoms with E-state index in [1.54, 1.807) is 0 Å². The van der Waals surface area contributed by atoms with Crippen molar-refractivity contribution in [2.45, 2.75) is 139 Å². The zero-order chi connectivity index (χ0) is 56.7. The summed E-state index contributed by atoms with van der Waals surface area (Å²) in [6, 6.07) is 65.6. The molecule has 0 spiro atoms. The van der Waals surface area contributed by atoms with E-state index in [1.165, 1.54) is 122 Å². The predicted molar refractivity (Wildman–Crippen MR) is 348 cm³/mol. The fourth-order valence-electron chi connectivity index (χ4n) is 13.2. The number of fused-ring (bicyclic) bond motifs is 7. The van der Waals surface area contributed by atoms with Gasteiger partial charge >= 0.3 is 0 Å². The summed E-state index contributed by atoms with van der Waals surface area (Å²) in [5.74, 6) is 0. The lowest BCUT2D eigenvalue weighted by molar-refractivity contribution is 0.589. The Hall–Kier alpha value is -7.76. The number of aryl methyl sites for hydroxylation is 5. The zero-order valence-electron chi connectivity index (χ0n) is 50.5. The summed E-state index contributed by atoms with van der Waals surface area (Å²) in [5, 5.41) is 2.48. The molecule has 0 N–H and O–H groups in total. The molecule has 2 aliphatic heterocycles. The molecule has 2 aliphatic rings. The van der Waals surface area contributed by atoms with Gasteiger partial charge in [-0.3, -0.25) is 0 Å². The Balaban J connectivity index is 1.17. The maximum absolute atomic E-state index is 2.66. The Morgan fingerprint density at radius 2 is 0.825 bits per heavy atom. The number of nitrogens with zero attached hydrogens (tertiary/aromatic N) is 4. The molecule has 0 saturated carbocycles. The molecular formula is C75H79BN4. The molecule has 9 aromatic carbocycles. The van der Waals surface area contributed by atoms with Crippen LogP contribution in [0.4, 0.5) is 51.2 Å². The molecule has 80 heavy (non-hydrogen) atoms. The van der Waals surface area contributed by atoms with E-state index in [2.05, 4.69) is 307 Å². The minimum absolute atomic E-state index is 0.000159. The van der Waals surface area contributed by atoms with Crippen molar-refractivity contribution in [3.05, 3.63) is 220 Å². The first kappa shape index (κ1) is 52.9. The molecular weight excluding hydrogens is 968 g/mol. The van der Waals surface area contributed by atoms with Crippen molar-refractivity contribution in [3.8, 4) is 5.69 Å². The second-order valence-corrected chi connectivity index (χ2v) is 27.5. The normalized spacial score (nSPS) is 13.5. The fourth-order valence-corrected chi connectivity index (χ4v) is 13.2. The van der Waals surface area contributed by atoms with E-state index in [0.717, 1.165) is 22.7 Å². The predicted octanol–water partition coefficient (Wildman–Crippen LogP) is 19.1. The standard InChI is InChI=1S/C75H79BN4/c1-46-37-67-69-68(38-46)80(71-49(4)41-54(42-50(71)5)75(15,16)17)66-45-58(33-35-61(66)76(69)62-43-52(73(9,10)11)29-36-64(62)79(67)70-47(2)39-53(40-48(70)3)74(12,13)14)77(56-30-27-51(28-31-56)72(6,7)8)57-32-34-60-59-25-21-22-26-63(59)78(65(60)44-57)55-23-19-18-20-24-55/h18-45H,1-17H3. The molecule has 1 aromatic heterocycles. The summed E-state index contributed by atoms with van der Waals surface area (Å²) >= 11 is 0. The number of hydrogen-bond acceptors (Lipinski definition) is 3. The van der Waals surface area contributed by atoms with Crippen molar-refractivity contribution in [1.82, 2.24) is 4.57 Å². The summed E-state index contributed by atoms with van der Waals surface area (Å²) in [5.41, 5.74) is 29.9. The van der Waals surface area contributed by atoms with Crippen LogP contribution in [0.25, 0.3) is 27.5 Å². The van der Waals surface area contributed by atoms with Crippen molar-refractivity contribution in [3.63, 3.8) is 0 Å². The first-order valence-corrected chi connectivity index (χ1v) is 29.0. The van der Waals surface area contributed by atoms with Crippen molar-refractivity contribution in [2.24, 2.45) is 0 Å². The Kier molecular flexibility index (Phi) is 12.3. The van der Waals surface area contributed by atoms with E-state index in [1.807, 2.05) is 0 Å². The molecule has 12 rings (SSSR count). The van der Waals surface area contributed by atoms with Gasteiger partial charge in [0.2, 0.25) is 0 Å². The molecule has 0 aliphatic carbocycles. The van der Waals surface area contributed by atoms with Crippen LogP contribution in [0.2, 0.25) is 0 Å². The summed E-state index contributed by atoms with van der Waals surface area (Å²) in [6.07, 6.45) is 0. The molecule has 0 fully saturated rings. The SMILES string of the molecule is Cc1cc2c3c(c1)N(c1c(C)cc(C(C)(C)C)cc1C)c1cc(N(c4ccc(C(C)(C)C)cc4)c4ccc5c6ccccc6n(-c6ccccc6)c5c4)ccc1B3c1cc(C(C)(C)C)ccc1N2c1c(C)cc(C(C)(C)C)cc1C. The third-order valence-electron chi connectivity index (χ3n) is 17.4. The van der Waals surface area contributed by atoms with Gasteiger partial charge in [0.05, 0.1) is 22.4 Å². The smallest absolute Gasteiger partial charge is 0.252 e. The monoisotopic (exact) mass is 1050 g/mol. The highest BCUT2D eigenvalue weighted by Gasteiger charge is 2.45. The van der Waals surface area contributed by atoms with Gasteiger partial charge in [-0.1, -0.05) is 180 Å². The van der Waals surface area contributed by atoms with Crippen molar-refractivity contribution >= 4 is 96.1 Å². The van der Waals surface area contributed by atoms with Crippen molar-refractivity contribution in [2.75, 3.05) is 14.7 Å². The molecule has 0 radical (unpaired) electrons. The molecule has 3 heterocycles. The highest BCUT2D eigenvalue weighted by molar-refractivity contribution is 7.00. The second kappa shape index (κ2) is 18.7. The summed E-state index contributed by atoms with van der Waals surface area (Å²) in [6.45, 7) is 39.5. The molecule has 0 atom stereocenters. The lowest BCUT2D eigenvalue weighted by Crippen LogP contribution is -2.61. The maximum atomic E-state index is 2.66. The minimum atomic E-state index is -0.0663. The van der Waals surface area contributed by atoms with E-state index >= 15 is 0 Å². The number of hydrogen-bond donors (Lipinski definition) is 0. The average molecular weight is 1050 g/mol. The fraction of sp³-hybridized carbons (Fsp3) is 0.280. The first-order chi connectivity index (χ1) is 37.8. The van der Waals surface area contributed by atoms with Gasteiger partial charge in [0.25, 0.3) is 6.71 Å². The lowest BCUT2D eigenvalue weighted by atomic mass is 9.33. The molecule has 402 valence electrons. The van der Waals surface area contributed by atoms with Gasteiger partial charge in [0.1, 0.15) is 0 Å². The molecule has 0 amide bonds. The number of benzene rings is 9. The minimum Gasteiger partial charge on any atom is -0.311 e. The molecule has 0 bridgehead atoms. The molecule has 10 aromatic rings. The Bertz CT molecular complexity index is 4060. The van der Waals surface area contributed by atoms with Crippen LogP contribution < -0.4 is 31.1 Å². The zero-order valence-corrected chi connectivity index (χ0v) is 50.5. The highest BCUT2D eigenvalue weighted by atomic mass is 15.2. The van der Waals surface area contributed by atoms with Crippen LogP contribution in [-0.4, -0.2) is 11.3 Å². The van der Waals surface area contributed by atoms with Gasteiger partial charge in [-0.2, -0.15) is 0 Å². The molecule has 0 saturated heterocycles.